The van der Waals surface area contributed by atoms with Crippen LogP contribution in [-0.4, -0.2) is 23.5 Å². The Hall–Kier alpha value is -1.85. The van der Waals surface area contributed by atoms with Gasteiger partial charge in [-0.3, -0.25) is 9.59 Å². The van der Waals surface area contributed by atoms with E-state index in [9.17, 15) is 14.7 Å². The summed E-state index contributed by atoms with van der Waals surface area (Å²) < 4.78 is 0. The van der Waals surface area contributed by atoms with E-state index in [-0.39, 0.29) is 12.5 Å². The quantitative estimate of drug-likeness (QED) is 0.814. The number of rotatable bonds is 7. The van der Waals surface area contributed by atoms with Gasteiger partial charge in [-0.2, -0.15) is 0 Å². The van der Waals surface area contributed by atoms with E-state index in [0.29, 0.717) is 23.4 Å². The lowest BCUT2D eigenvalue weighted by Gasteiger charge is -2.13. The summed E-state index contributed by atoms with van der Waals surface area (Å²) in [5.41, 5.74) is 0.681. The highest BCUT2D eigenvalue weighted by Gasteiger charge is 2.20. The molecule has 4 nitrogen and oxygen atoms in total. The van der Waals surface area contributed by atoms with E-state index in [1.165, 1.54) is 11.3 Å². The van der Waals surface area contributed by atoms with E-state index >= 15 is 0 Å². The van der Waals surface area contributed by atoms with Crippen LogP contribution in [0.5, 0.6) is 0 Å². The molecule has 0 saturated heterocycles. The van der Waals surface area contributed by atoms with Gasteiger partial charge in [0.1, 0.15) is 0 Å². The summed E-state index contributed by atoms with van der Waals surface area (Å²) >= 11 is 7.34. The summed E-state index contributed by atoms with van der Waals surface area (Å²) in [6.45, 7) is 0.0867. The number of amides is 1. The summed E-state index contributed by atoms with van der Waals surface area (Å²) in [6.07, 6.45) is 0.921. The Bertz CT molecular complexity index is 642. The Balaban J connectivity index is 1.84. The van der Waals surface area contributed by atoms with Crippen molar-refractivity contribution in [1.82, 2.24) is 5.32 Å². The van der Waals surface area contributed by atoms with Crippen LogP contribution in [0.1, 0.15) is 22.8 Å². The first-order valence-electron chi connectivity index (χ1n) is 6.83. The molecule has 2 aromatic rings. The first-order chi connectivity index (χ1) is 10.6. The molecule has 1 atom stereocenters. The van der Waals surface area contributed by atoms with E-state index in [0.717, 1.165) is 4.88 Å². The van der Waals surface area contributed by atoms with E-state index in [1.807, 2.05) is 17.5 Å². The Kier molecular flexibility index (Phi) is 5.98. The number of carbonyl (C=O) groups is 2. The number of halogens is 1. The highest BCUT2D eigenvalue weighted by molar-refractivity contribution is 7.10. The molecule has 1 unspecified atom stereocenters. The molecule has 1 aromatic heterocycles. The normalized spacial score (nSPS) is 11.9. The van der Waals surface area contributed by atoms with Gasteiger partial charge >= 0.3 is 5.97 Å². The van der Waals surface area contributed by atoms with Crippen molar-refractivity contribution in [1.29, 1.82) is 0 Å². The predicted molar refractivity (Wildman–Crippen MR) is 87.5 cm³/mol. The Labute approximate surface area is 137 Å². The highest BCUT2D eigenvalue weighted by atomic mass is 35.5. The molecule has 1 heterocycles. The minimum absolute atomic E-state index is 0.0867. The second kappa shape index (κ2) is 7.96. The zero-order valence-electron chi connectivity index (χ0n) is 11.8. The molecular formula is C16H16ClNO3S. The van der Waals surface area contributed by atoms with Crippen molar-refractivity contribution in [2.24, 2.45) is 0 Å². The third-order valence-corrected chi connectivity index (χ3v) is 4.57. The molecule has 0 aliphatic carbocycles. The van der Waals surface area contributed by atoms with Crippen LogP contribution in [0.25, 0.3) is 0 Å². The number of aryl methyl sites for hydroxylation is 1. The van der Waals surface area contributed by atoms with E-state index < -0.39 is 11.9 Å². The zero-order chi connectivity index (χ0) is 15.9. The molecule has 0 spiro atoms. The summed E-state index contributed by atoms with van der Waals surface area (Å²) in [7, 11) is 0. The molecule has 1 aromatic carbocycles. The second-order valence-corrected chi connectivity index (χ2v) is 6.27. The van der Waals surface area contributed by atoms with Gasteiger partial charge in [-0.25, -0.2) is 0 Å². The Morgan fingerprint density at radius 3 is 2.59 bits per heavy atom. The predicted octanol–water partition coefficient (Wildman–Crippen LogP) is 3.32. The van der Waals surface area contributed by atoms with Crippen molar-refractivity contribution < 1.29 is 14.7 Å². The number of aliphatic carboxylic acids is 1. The van der Waals surface area contributed by atoms with E-state index in [4.69, 9.17) is 11.6 Å². The standard InChI is InChI=1S/C16H16ClNO3S/c17-12-8-13(22-10-12)6-7-15(19)18-9-14(16(20)21)11-4-2-1-3-5-11/h1-5,8,10,14H,6-7,9H2,(H,18,19)(H,20,21). The average Bonchev–Trinajstić information content (AvgIpc) is 2.92. The zero-order valence-corrected chi connectivity index (χ0v) is 13.4. The van der Waals surface area contributed by atoms with Gasteiger partial charge in [-0.1, -0.05) is 41.9 Å². The molecule has 0 aliphatic rings. The number of carboxylic acids is 1. The van der Waals surface area contributed by atoms with Gasteiger partial charge in [0.05, 0.1) is 10.9 Å². The monoisotopic (exact) mass is 337 g/mol. The van der Waals surface area contributed by atoms with Gasteiger partial charge in [0.2, 0.25) is 5.91 Å². The van der Waals surface area contributed by atoms with Gasteiger partial charge < -0.3 is 10.4 Å². The number of carbonyl (C=O) groups excluding carboxylic acids is 1. The largest absolute Gasteiger partial charge is 0.481 e. The fourth-order valence-corrected chi connectivity index (χ4v) is 3.14. The minimum Gasteiger partial charge on any atom is -0.481 e. The maximum atomic E-state index is 11.8. The van der Waals surface area contributed by atoms with E-state index in [2.05, 4.69) is 5.32 Å². The molecule has 0 fully saturated rings. The number of hydrogen-bond acceptors (Lipinski definition) is 3. The maximum absolute atomic E-state index is 11.8. The van der Waals surface area contributed by atoms with Crippen LogP contribution in [0.3, 0.4) is 0 Å². The molecule has 116 valence electrons. The van der Waals surface area contributed by atoms with Crippen LogP contribution in [0.2, 0.25) is 5.02 Å². The lowest BCUT2D eigenvalue weighted by atomic mass is 9.99. The number of hydrogen-bond donors (Lipinski definition) is 2. The number of nitrogens with one attached hydrogen (secondary N) is 1. The molecule has 0 radical (unpaired) electrons. The van der Waals surface area contributed by atoms with Crippen LogP contribution >= 0.6 is 22.9 Å². The van der Waals surface area contributed by atoms with Crippen molar-refractivity contribution >= 4 is 34.8 Å². The van der Waals surface area contributed by atoms with Crippen LogP contribution in [0.4, 0.5) is 0 Å². The molecule has 2 rings (SSSR count). The van der Waals surface area contributed by atoms with Gasteiger partial charge in [-0.15, -0.1) is 11.3 Å². The molecule has 1 amide bonds. The average molecular weight is 338 g/mol. The van der Waals surface area contributed by atoms with Crippen molar-refractivity contribution in [3.63, 3.8) is 0 Å². The molecule has 6 heteroatoms. The SMILES string of the molecule is O=C(CCc1cc(Cl)cs1)NCC(C(=O)O)c1ccccc1. The first-order valence-corrected chi connectivity index (χ1v) is 8.09. The highest BCUT2D eigenvalue weighted by Crippen LogP contribution is 2.20. The Morgan fingerprint density at radius 1 is 1.27 bits per heavy atom. The van der Waals surface area contributed by atoms with Crippen LogP contribution in [0, 0.1) is 0 Å². The van der Waals surface area contributed by atoms with Gasteiger partial charge in [0.25, 0.3) is 0 Å². The summed E-state index contributed by atoms with van der Waals surface area (Å²) in [5, 5.41) is 14.5. The number of benzene rings is 1. The van der Waals surface area contributed by atoms with Gasteiger partial charge in [0, 0.05) is 23.2 Å². The van der Waals surface area contributed by atoms with Crippen molar-refractivity contribution in [3.8, 4) is 0 Å². The smallest absolute Gasteiger partial charge is 0.312 e. The Morgan fingerprint density at radius 2 is 2.00 bits per heavy atom. The van der Waals surface area contributed by atoms with Crippen molar-refractivity contribution in [2.75, 3.05) is 6.54 Å². The maximum Gasteiger partial charge on any atom is 0.312 e. The topological polar surface area (TPSA) is 66.4 Å². The summed E-state index contributed by atoms with van der Waals surface area (Å²) in [5.74, 6) is -1.84. The first kappa shape index (κ1) is 16.5. The fraction of sp³-hybridized carbons (Fsp3) is 0.250. The van der Waals surface area contributed by atoms with Gasteiger partial charge in [-0.05, 0) is 18.1 Å². The molecule has 22 heavy (non-hydrogen) atoms. The lowest BCUT2D eigenvalue weighted by molar-refractivity contribution is -0.138. The van der Waals surface area contributed by atoms with Crippen molar-refractivity contribution in [2.45, 2.75) is 18.8 Å². The van der Waals surface area contributed by atoms with Crippen LogP contribution < -0.4 is 5.32 Å². The third kappa shape index (κ3) is 4.86. The number of carboxylic acid groups (broad SMARTS) is 1. The summed E-state index contributed by atoms with van der Waals surface area (Å²) in [4.78, 5) is 24.2. The van der Waals surface area contributed by atoms with Crippen LogP contribution in [0.15, 0.2) is 41.8 Å². The van der Waals surface area contributed by atoms with Crippen LogP contribution in [-0.2, 0) is 16.0 Å². The molecule has 0 aliphatic heterocycles. The fourth-order valence-electron chi connectivity index (χ4n) is 2.06. The lowest BCUT2D eigenvalue weighted by Crippen LogP contribution is -2.31. The molecule has 2 N–H and O–H groups in total. The summed E-state index contributed by atoms with van der Waals surface area (Å²) in [6, 6.07) is 10.7. The minimum atomic E-state index is -0.948. The van der Waals surface area contributed by atoms with Crippen molar-refractivity contribution in [3.05, 3.63) is 57.2 Å². The molecule has 0 saturated carbocycles. The third-order valence-electron chi connectivity index (χ3n) is 3.22. The molecule has 0 bridgehead atoms. The van der Waals surface area contributed by atoms with E-state index in [1.54, 1.807) is 24.3 Å². The molecular weight excluding hydrogens is 322 g/mol. The second-order valence-electron chi connectivity index (χ2n) is 4.84. The number of thiophene rings is 1. The van der Waals surface area contributed by atoms with Gasteiger partial charge in [0.15, 0.2) is 0 Å².